The van der Waals surface area contributed by atoms with Crippen molar-refractivity contribution in [3.63, 3.8) is 0 Å². The Morgan fingerprint density at radius 3 is 2.19 bits per heavy atom. The molecule has 1 N–H and O–H groups in total. The molecule has 1 amide bonds. The molecule has 3 aromatic carbocycles. The van der Waals surface area contributed by atoms with Gasteiger partial charge in [-0.3, -0.25) is 4.79 Å². The second-order valence-electron chi connectivity index (χ2n) is 6.68. The van der Waals surface area contributed by atoms with Crippen LogP contribution < -0.4 is 15.1 Å². The van der Waals surface area contributed by atoms with Gasteiger partial charge in [-0.05, 0) is 29.8 Å². The average molecular weight is 357 g/mol. The van der Waals surface area contributed by atoms with Gasteiger partial charge in [0.05, 0.1) is 22.6 Å². The van der Waals surface area contributed by atoms with Gasteiger partial charge in [0.25, 0.3) is 5.91 Å². The largest absolute Gasteiger partial charge is 0.342 e. The number of rotatable bonds is 5. The Hall–Kier alpha value is -3.11. The number of nitrogens with one attached hydrogen (secondary N) is 1. The number of hydrogen-bond acceptors (Lipinski definition) is 3. The van der Waals surface area contributed by atoms with Crippen LogP contribution in [0.3, 0.4) is 0 Å². The molecule has 0 atom stereocenters. The number of hydrogen-bond donors (Lipinski definition) is 1. The maximum Gasteiger partial charge on any atom is 0.260 e. The van der Waals surface area contributed by atoms with Gasteiger partial charge in [-0.15, -0.1) is 0 Å². The molecule has 0 saturated carbocycles. The van der Waals surface area contributed by atoms with Crippen molar-refractivity contribution in [1.29, 1.82) is 0 Å². The molecule has 1 aliphatic heterocycles. The minimum Gasteiger partial charge on any atom is -0.342 e. The van der Waals surface area contributed by atoms with Gasteiger partial charge in [0.1, 0.15) is 0 Å². The smallest absolute Gasteiger partial charge is 0.260 e. The summed E-state index contributed by atoms with van der Waals surface area (Å²) in [6.07, 6.45) is 0. The molecule has 0 radical (unpaired) electrons. The molecule has 1 aliphatic rings. The van der Waals surface area contributed by atoms with Gasteiger partial charge in [0.15, 0.2) is 0 Å². The molecule has 4 heteroatoms. The molecular formula is C23H23N3O. The van der Waals surface area contributed by atoms with Crippen LogP contribution in [0, 0.1) is 0 Å². The van der Waals surface area contributed by atoms with Crippen LogP contribution in [0.1, 0.15) is 15.9 Å². The molecule has 0 unspecified atom stereocenters. The lowest BCUT2D eigenvalue weighted by atomic mass is 10.1. The Kier molecular flexibility index (Phi) is 4.90. The Bertz CT molecular complexity index is 939. The highest BCUT2D eigenvalue weighted by Crippen LogP contribution is 2.39. The summed E-state index contributed by atoms with van der Waals surface area (Å²) in [7, 11) is 2.02. The Morgan fingerprint density at radius 2 is 1.41 bits per heavy atom. The van der Waals surface area contributed by atoms with E-state index in [4.69, 9.17) is 0 Å². The van der Waals surface area contributed by atoms with E-state index in [0.29, 0.717) is 6.54 Å². The molecule has 3 aromatic rings. The number of benzene rings is 3. The van der Waals surface area contributed by atoms with Gasteiger partial charge in [-0.2, -0.15) is 0 Å². The van der Waals surface area contributed by atoms with Crippen LogP contribution >= 0.6 is 0 Å². The SMILES string of the molecule is CN1c2ccccc2C(=O)N(CCNCc2ccccc2)c2ccccc21. The first-order valence-electron chi connectivity index (χ1n) is 9.24. The van der Waals surface area contributed by atoms with E-state index < -0.39 is 0 Å². The van der Waals surface area contributed by atoms with Crippen LogP contribution in [-0.2, 0) is 6.54 Å². The number of fused-ring (bicyclic) bond motifs is 2. The molecule has 27 heavy (non-hydrogen) atoms. The molecule has 0 spiro atoms. The van der Waals surface area contributed by atoms with E-state index in [2.05, 4.69) is 28.4 Å². The lowest BCUT2D eigenvalue weighted by Crippen LogP contribution is -2.36. The fourth-order valence-electron chi connectivity index (χ4n) is 3.55. The molecule has 1 heterocycles. The van der Waals surface area contributed by atoms with Crippen molar-refractivity contribution in [3.8, 4) is 0 Å². The topological polar surface area (TPSA) is 35.6 Å². The maximum atomic E-state index is 13.3. The molecule has 0 aromatic heterocycles. The average Bonchev–Trinajstić information content (AvgIpc) is 2.81. The molecule has 136 valence electrons. The number of carbonyl (C=O) groups is 1. The monoisotopic (exact) mass is 357 g/mol. The third-order valence-corrected chi connectivity index (χ3v) is 4.96. The zero-order chi connectivity index (χ0) is 18.6. The lowest BCUT2D eigenvalue weighted by molar-refractivity contribution is 0.0988. The number of carbonyl (C=O) groups excluding carboxylic acids is 1. The van der Waals surface area contributed by atoms with E-state index in [-0.39, 0.29) is 5.91 Å². The fourth-order valence-corrected chi connectivity index (χ4v) is 3.55. The van der Waals surface area contributed by atoms with Gasteiger partial charge in [0.2, 0.25) is 0 Å². The summed E-state index contributed by atoms with van der Waals surface area (Å²) in [5.74, 6) is 0.0453. The highest BCUT2D eigenvalue weighted by atomic mass is 16.2. The van der Waals surface area contributed by atoms with Crippen molar-refractivity contribution in [2.24, 2.45) is 0 Å². The summed E-state index contributed by atoms with van der Waals surface area (Å²) < 4.78 is 0. The Morgan fingerprint density at radius 1 is 0.778 bits per heavy atom. The molecule has 0 bridgehead atoms. The predicted octanol–water partition coefficient (Wildman–Crippen LogP) is 4.20. The van der Waals surface area contributed by atoms with Gasteiger partial charge < -0.3 is 15.1 Å². The van der Waals surface area contributed by atoms with Crippen LogP contribution in [-0.4, -0.2) is 26.0 Å². The number of para-hydroxylation sites is 3. The summed E-state index contributed by atoms with van der Waals surface area (Å²) in [6, 6.07) is 26.2. The summed E-state index contributed by atoms with van der Waals surface area (Å²) in [6.45, 7) is 2.13. The van der Waals surface area contributed by atoms with Crippen LogP contribution in [0.15, 0.2) is 78.9 Å². The Balaban J connectivity index is 1.57. The van der Waals surface area contributed by atoms with Gasteiger partial charge in [-0.1, -0.05) is 54.6 Å². The molecule has 0 aliphatic carbocycles. The summed E-state index contributed by atoms with van der Waals surface area (Å²) in [5, 5.41) is 3.45. The normalized spacial score (nSPS) is 13.1. The fraction of sp³-hybridized carbons (Fsp3) is 0.174. The summed E-state index contributed by atoms with van der Waals surface area (Å²) >= 11 is 0. The van der Waals surface area contributed by atoms with Crippen LogP contribution in [0.25, 0.3) is 0 Å². The quantitative estimate of drug-likeness (QED) is 0.695. The summed E-state index contributed by atoms with van der Waals surface area (Å²) in [4.78, 5) is 17.3. The van der Waals surface area contributed by atoms with E-state index in [9.17, 15) is 4.79 Å². The molecule has 0 saturated heterocycles. The van der Waals surface area contributed by atoms with Gasteiger partial charge in [0, 0.05) is 26.7 Å². The third kappa shape index (κ3) is 3.44. The van der Waals surface area contributed by atoms with Crippen molar-refractivity contribution in [1.82, 2.24) is 5.32 Å². The summed E-state index contributed by atoms with van der Waals surface area (Å²) in [5.41, 5.74) is 4.90. The highest BCUT2D eigenvalue weighted by molar-refractivity contribution is 6.13. The van der Waals surface area contributed by atoms with Crippen LogP contribution in [0.2, 0.25) is 0 Å². The van der Waals surface area contributed by atoms with E-state index in [1.54, 1.807) is 0 Å². The molecular weight excluding hydrogens is 334 g/mol. The zero-order valence-corrected chi connectivity index (χ0v) is 15.4. The van der Waals surface area contributed by atoms with E-state index in [1.165, 1.54) is 5.56 Å². The van der Waals surface area contributed by atoms with Crippen molar-refractivity contribution >= 4 is 23.0 Å². The van der Waals surface area contributed by atoms with E-state index in [0.717, 1.165) is 35.7 Å². The van der Waals surface area contributed by atoms with Crippen molar-refractivity contribution in [2.45, 2.75) is 6.54 Å². The van der Waals surface area contributed by atoms with E-state index >= 15 is 0 Å². The highest BCUT2D eigenvalue weighted by Gasteiger charge is 2.28. The van der Waals surface area contributed by atoms with Gasteiger partial charge in [-0.25, -0.2) is 0 Å². The zero-order valence-electron chi connectivity index (χ0n) is 15.4. The van der Waals surface area contributed by atoms with Crippen molar-refractivity contribution in [2.75, 3.05) is 29.9 Å². The minimum atomic E-state index is 0.0453. The number of amides is 1. The second kappa shape index (κ2) is 7.64. The maximum absolute atomic E-state index is 13.3. The van der Waals surface area contributed by atoms with E-state index in [1.807, 2.05) is 72.6 Å². The Labute approximate surface area is 160 Å². The van der Waals surface area contributed by atoms with Crippen molar-refractivity contribution < 1.29 is 4.79 Å². The second-order valence-corrected chi connectivity index (χ2v) is 6.68. The standard InChI is InChI=1S/C23H23N3O/c1-25-20-12-6-5-11-19(20)23(27)26(22-14-8-7-13-21(22)25)16-15-24-17-18-9-3-2-4-10-18/h2-14,24H,15-17H2,1H3. The van der Waals surface area contributed by atoms with Crippen LogP contribution in [0.4, 0.5) is 17.1 Å². The number of anilines is 3. The first kappa shape index (κ1) is 17.3. The van der Waals surface area contributed by atoms with Crippen LogP contribution in [0.5, 0.6) is 0 Å². The first-order valence-corrected chi connectivity index (χ1v) is 9.24. The third-order valence-electron chi connectivity index (χ3n) is 4.96. The lowest BCUT2D eigenvalue weighted by Gasteiger charge is -2.24. The minimum absolute atomic E-state index is 0.0453. The number of nitrogens with zero attached hydrogens (tertiary/aromatic N) is 2. The first-order chi connectivity index (χ1) is 13.3. The molecule has 4 nitrogen and oxygen atoms in total. The predicted molar refractivity (Wildman–Crippen MR) is 111 cm³/mol. The van der Waals surface area contributed by atoms with Gasteiger partial charge >= 0.3 is 0 Å². The molecule has 0 fully saturated rings. The van der Waals surface area contributed by atoms with Crippen molar-refractivity contribution in [3.05, 3.63) is 90.0 Å². The molecule has 4 rings (SSSR count).